The lowest BCUT2D eigenvalue weighted by Gasteiger charge is -2.17. The maximum Gasteiger partial charge on any atom is 0.0457 e. The summed E-state index contributed by atoms with van der Waals surface area (Å²) in [6.45, 7) is 2.29. The van der Waals surface area contributed by atoms with E-state index in [1.165, 1.54) is 110 Å². The van der Waals surface area contributed by atoms with E-state index in [-0.39, 0.29) is 0 Å². The molecule has 2 heteroatoms. The van der Waals surface area contributed by atoms with Gasteiger partial charge in [-0.2, -0.15) is 0 Å². The highest BCUT2D eigenvalue weighted by molar-refractivity contribution is 5.88. The minimum Gasteiger partial charge on any atom is -0.361 e. The van der Waals surface area contributed by atoms with Gasteiger partial charge in [0.1, 0.15) is 0 Å². The van der Waals surface area contributed by atoms with Gasteiger partial charge in [-0.1, -0.05) is 114 Å². The Hall–Kier alpha value is -2.48. The number of para-hydroxylation sites is 2. The van der Waals surface area contributed by atoms with E-state index in [0.717, 1.165) is 0 Å². The standard InChI is InChI=1S/C30H40N2/c1-2-3-4-5-6-7-8-9-10-11-12-17-24(27-22-31-29-20-15-13-18-25(27)29)28-23-32-30-21-16-14-19-26(28)30/h13-16,18-24,31-32H,2-12,17H2,1H3. The fraction of sp³-hybridized carbons (Fsp3) is 0.467. The van der Waals surface area contributed by atoms with Crippen LogP contribution in [-0.2, 0) is 0 Å². The van der Waals surface area contributed by atoms with Crippen LogP contribution in [0.2, 0.25) is 0 Å². The first-order valence-corrected chi connectivity index (χ1v) is 13.0. The molecule has 0 bridgehead atoms. The predicted octanol–water partition coefficient (Wildman–Crippen LogP) is 9.48. The Balaban J connectivity index is 1.35. The summed E-state index contributed by atoms with van der Waals surface area (Å²) in [6.07, 6.45) is 21.0. The molecule has 0 radical (unpaired) electrons. The van der Waals surface area contributed by atoms with Crippen molar-refractivity contribution in [2.45, 2.75) is 89.9 Å². The molecule has 2 N–H and O–H groups in total. The normalized spacial score (nSPS) is 11.8. The molecule has 4 aromatic rings. The van der Waals surface area contributed by atoms with Gasteiger partial charge >= 0.3 is 0 Å². The summed E-state index contributed by atoms with van der Waals surface area (Å²) >= 11 is 0. The minimum absolute atomic E-state index is 0.431. The molecule has 2 heterocycles. The molecule has 2 aromatic heterocycles. The highest BCUT2D eigenvalue weighted by Gasteiger charge is 2.20. The number of aromatic amines is 2. The highest BCUT2D eigenvalue weighted by atomic mass is 14.7. The van der Waals surface area contributed by atoms with Crippen molar-refractivity contribution in [3.05, 3.63) is 72.1 Å². The van der Waals surface area contributed by atoms with Gasteiger partial charge in [-0.3, -0.25) is 0 Å². The average molecular weight is 429 g/mol. The lowest BCUT2D eigenvalue weighted by atomic mass is 9.86. The molecule has 0 unspecified atom stereocenters. The van der Waals surface area contributed by atoms with Crippen LogP contribution >= 0.6 is 0 Å². The van der Waals surface area contributed by atoms with Crippen molar-refractivity contribution in [3.63, 3.8) is 0 Å². The van der Waals surface area contributed by atoms with E-state index in [2.05, 4.69) is 77.8 Å². The Labute approximate surface area is 193 Å². The van der Waals surface area contributed by atoms with E-state index < -0.39 is 0 Å². The Morgan fingerprint density at radius 1 is 0.562 bits per heavy atom. The number of unbranched alkanes of at least 4 members (excludes halogenated alkanes) is 10. The van der Waals surface area contributed by atoms with E-state index in [1.54, 1.807) is 0 Å². The van der Waals surface area contributed by atoms with E-state index in [9.17, 15) is 0 Å². The molecule has 0 amide bonds. The Bertz CT molecular complexity index is 997. The fourth-order valence-electron chi connectivity index (χ4n) is 5.26. The van der Waals surface area contributed by atoms with Gasteiger partial charge < -0.3 is 9.97 Å². The van der Waals surface area contributed by atoms with E-state index in [1.807, 2.05) is 0 Å². The number of benzene rings is 2. The SMILES string of the molecule is CCCCCCCCCCCCCC(c1c[nH]c2ccccc12)c1c[nH]c2ccccc12. The second kappa shape index (κ2) is 11.9. The molecule has 0 aliphatic heterocycles. The van der Waals surface area contributed by atoms with Gasteiger partial charge in [-0.25, -0.2) is 0 Å². The molecule has 0 saturated heterocycles. The van der Waals surface area contributed by atoms with Gasteiger partial charge in [0.05, 0.1) is 0 Å². The molecular weight excluding hydrogens is 388 g/mol. The Morgan fingerprint density at radius 3 is 1.50 bits per heavy atom. The minimum atomic E-state index is 0.431. The van der Waals surface area contributed by atoms with Crippen LogP contribution in [0.4, 0.5) is 0 Å². The van der Waals surface area contributed by atoms with E-state index in [4.69, 9.17) is 0 Å². The Morgan fingerprint density at radius 2 is 1.00 bits per heavy atom. The number of aromatic nitrogens is 2. The van der Waals surface area contributed by atoms with Crippen molar-refractivity contribution in [3.8, 4) is 0 Å². The van der Waals surface area contributed by atoms with Gasteiger partial charge in [0.15, 0.2) is 0 Å². The van der Waals surface area contributed by atoms with Gasteiger partial charge in [0.25, 0.3) is 0 Å². The molecular formula is C30H40N2. The number of hydrogen-bond acceptors (Lipinski definition) is 0. The van der Waals surface area contributed by atoms with Crippen LogP contribution in [-0.4, -0.2) is 9.97 Å². The first-order valence-electron chi connectivity index (χ1n) is 13.0. The monoisotopic (exact) mass is 428 g/mol. The molecule has 32 heavy (non-hydrogen) atoms. The maximum absolute atomic E-state index is 3.51. The third-order valence-corrected chi connectivity index (χ3v) is 7.09. The number of nitrogens with one attached hydrogen (secondary N) is 2. The van der Waals surface area contributed by atoms with Gasteiger partial charge in [0.2, 0.25) is 0 Å². The second-order valence-electron chi connectivity index (χ2n) is 9.46. The first kappa shape index (κ1) is 22.7. The molecule has 0 fully saturated rings. The van der Waals surface area contributed by atoms with E-state index in [0.29, 0.717) is 5.92 Å². The van der Waals surface area contributed by atoms with Crippen LogP contribution < -0.4 is 0 Å². The molecule has 2 aromatic carbocycles. The molecule has 4 rings (SSSR count). The number of rotatable bonds is 14. The summed E-state index contributed by atoms with van der Waals surface area (Å²) in [6, 6.07) is 17.5. The molecule has 2 nitrogen and oxygen atoms in total. The molecule has 0 atom stereocenters. The third kappa shape index (κ3) is 5.65. The quantitative estimate of drug-likeness (QED) is 0.187. The third-order valence-electron chi connectivity index (χ3n) is 7.09. The van der Waals surface area contributed by atoms with Crippen molar-refractivity contribution in [1.29, 1.82) is 0 Å². The highest BCUT2D eigenvalue weighted by Crippen LogP contribution is 2.38. The van der Waals surface area contributed by atoms with Crippen molar-refractivity contribution >= 4 is 21.8 Å². The van der Waals surface area contributed by atoms with Gasteiger partial charge in [-0.15, -0.1) is 0 Å². The lowest BCUT2D eigenvalue weighted by molar-refractivity contribution is 0.537. The van der Waals surface area contributed by atoms with Crippen LogP contribution in [0.3, 0.4) is 0 Å². The largest absolute Gasteiger partial charge is 0.361 e. The summed E-state index contributed by atoms with van der Waals surface area (Å²) < 4.78 is 0. The molecule has 170 valence electrons. The number of fused-ring (bicyclic) bond motifs is 2. The zero-order valence-electron chi connectivity index (χ0n) is 19.8. The lowest BCUT2D eigenvalue weighted by Crippen LogP contribution is -2.00. The Kier molecular flexibility index (Phi) is 8.48. The number of hydrogen-bond donors (Lipinski definition) is 2. The van der Waals surface area contributed by atoms with Crippen molar-refractivity contribution in [2.75, 3.05) is 0 Å². The maximum atomic E-state index is 3.51. The van der Waals surface area contributed by atoms with Gasteiger partial charge in [0, 0.05) is 40.1 Å². The van der Waals surface area contributed by atoms with Crippen LogP contribution in [0.25, 0.3) is 21.8 Å². The molecule has 0 aliphatic rings. The summed E-state index contributed by atoms with van der Waals surface area (Å²) in [7, 11) is 0. The summed E-state index contributed by atoms with van der Waals surface area (Å²) in [5.41, 5.74) is 5.37. The van der Waals surface area contributed by atoms with Gasteiger partial charge in [-0.05, 0) is 29.7 Å². The fourth-order valence-corrected chi connectivity index (χ4v) is 5.26. The predicted molar refractivity (Wildman–Crippen MR) is 140 cm³/mol. The first-order chi connectivity index (χ1) is 15.9. The van der Waals surface area contributed by atoms with Crippen molar-refractivity contribution in [1.82, 2.24) is 9.97 Å². The summed E-state index contributed by atoms with van der Waals surface area (Å²) in [5, 5.41) is 2.73. The molecule has 0 saturated carbocycles. The van der Waals surface area contributed by atoms with Crippen LogP contribution in [0.1, 0.15) is 101 Å². The number of H-pyrrole nitrogens is 2. The smallest absolute Gasteiger partial charge is 0.0457 e. The molecule has 0 aliphatic carbocycles. The zero-order valence-corrected chi connectivity index (χ0v) is 19.8. The van der Waals surface area contributed by atoms with Crippen LogP contribution in [0.15, 0.2) is 60.9 Å². The van der Waals surface area contributed by atoms with Crippen molar-refractivity contribution < 1.29 is 0 Å². The zero-order chi connectivity index (χ0) is 22.0. The average Bonchev–Trinajstić information content (AvgIpc) is 3.45. The van der Waals surface area contributed by atoms with Crippen molar-refractivity contribution in [2.24, 2.45) is 0 Å². The van der Waals surface area contributed by atoms with Crippen LogP contribution in [0.5, 0.6) is 0 Å². The van der Waals surface area contributed by atoms with Crippen LogP contribution in [0, 0.1) is 0 Å². The second-order valence-corrected chi connectivity index (χ2v) is 9.46. The topological polar surface area (TPSA) is 31.6 Å². The molecule has 0 spiro atoms. The van der Waals surface area contributed by atoms with E-state index >= 15 is 0 Å². The summed E-state index contributed by atoms with van der Waals surface area (Å²) in [4.78, 5) is 7.02. The summed E-state index contributed by atoms with van der Waals surface area (Å²) in [5.74, 6) is 0.431.